The number of nitrogens with one attached hydrogen (secondary N) is 1. The summed E-state index contributed by atoms with van der Waals surface area (Å²) in [5.41, 5.74) is 4.39. The number of rotatable bonds is 6. The van der Waals surface area contributed by atoms with Gasteiger partial charge >= 0.3 is 23.7 Å². The van der Waals surface area contributed by atoms with Gasteiger partial charge in [-0.25, -0.2) is 32.1 Å². The van der Waals surface area contributed by atoms with E-state index in [-0.39, 0.29) is 16.3 Å². The number of sulfonamides is 1. The number of methoxy groups -OCH3 is 1. The van der Waals surface area contributed by atoms with Crippen LogP contribution in [0.5, 0.6) is 6.01 Å². The lowest BCUT2D eigenvalue weighted by Gasteiger charge is -2.10. The van der Waals surface area contributed by atoms with Crippen molar-refractivity contribution in [2.75, 3.05) is 7.11 Å². The molecule has 0 radical (unpaired) electrons. The van der Waals surface area contributed by atoms with E-state index in [1.807, 2.05) is 0 Å². The Hall–Kier alpha value is -3.19. The average molecular weight is 413 g/mol. The number of nitrogens with zero attached hydrogens (tertiary/aromatic N) is 3. The number of nitrogens with two attached hydrogens (primary N) is 1. The van der Waals surface area contributed by atoms with Crippen molar-refractivity contribution in [1.82, 2.24) is 19.1 Å². The summed E-state index contributed by atoms with van der Waals surface area (Å²) in [6.07, 6.45) is -0.362. The Morgan fingerprint density at radius 2 is 1.96 bits per heavy atom. The molecule has 0 aliphatic heterocycles. The third-order valence-electron chi connectivity index (χ3n) is 3.60. The van der Waals surface area contributed by atoms with Crippen molar-refractivity contribution in [1.29, 1.82) is 0 Å². The van der Waals surface area contributed by atoms with Crippen molar-refractivity contribution in [2.24, 2.45) is 12.8 Å². The molecule has 2 aromatic rings. The van der Waals surface area contributed by atoms with E-state index >= 15 is 0 Å². The van der Waals surface area contributed by atoms with Gasteiger partial charge in [-0.15, -0.1) is 9.78 Å². The number of esters is 1. The van der Waals surface area contributed by atoms with Gasteiger partial charge in [0.2, 0.25) is 0 Å². The molecule has 1 aromatic carbocycles. The molecule has 0 aliphatic carbocycles. The molecule has 0 saturated carbocycles. The molecule has 3 N–H and O–H groups in total. The van der Waals surface area contributed by atoms with Crippen LogP contribution in [0.2, 0.25) is 0 Å². The molecule has 0 fully saturated rings. The molecule has 0 spiro atoms. The lowest BCUT2D eigenvalue weighted by atomic mass is 10.2. The topological polar surface area (TPSA) is 165 Å². The Kier molecular flexibility index (Phi) is 6.20. The van der Waals surface area contributed by atoms with E-state index < -0.39 is 38.8 Å². The first-order chi connectivity index (χ1) is 13.1. The quantitative estimate of drug-likeness (QED) is 0.464. The molecule has 13 heteroatoms. The van der Waals surface area contributed by atoms with Crippen molar-refractivity contribution in [3.63, 3.8) is 0 Å². The van der Waals surface area contributed by atoms with Gasteiger partial charge in [0.1, 0.15) is 4.90 Å². The number of benzene rings is 1. The fourth-order valence-electron chi connectivity index (χ4n) is 2.07. The first kappa shape index (κ1) is 21.1. The minimum absolute atomic E-state index is 0.262. The van der Waals surface area contributed by atoms with E-state index in [4.69, 9.17) is 10.5 Å². The Morgan fingerprint density at radius 3 is 2.57 bits per heavy atom. The largest absolute Gasteiger partial charge is 0.465 e. The normalized spacial score (nSPS) is 12.3. The highest BCUT2D eigenvalue weighted by atomic mass is 32.2. The maximum atomic E-state index is 12.5. The van der Waals surface area contributed by atoms with Crippen LogP contribution in [0.1, 0.15) is 23.7 Å². The van der Waals surface area contributed by atoms with Crippen LogP contribution >= 0.6 is 0 Å². The summed E-state index contributed by atoms with van der Waals surface area (Å²) in [5, 5.41) is 3.65. The number of carbonyl (C=O) groups is 2. The number of hydrogen-bond donors (Lipinski definition) is 2. The number of aromatic nitrogens is 3. The van der Waals surface area contributed by atoms with E-state index in [9.17, 15) is 22.8 Å². The van der Waals surface area contributed by atoms with E-state index in [2.05, 4.69) is 9.84 Å². The molecule has 1 atom stereocenters. The molecule has 0 bridgehead atoms. The highest BCUT2D eigenvalue weighted by molar-refractivity contribution is 7.90. The lowest BCUT2D eigenvalue weighted by Crippen LogP contribution is -2.40. The smallest absolute Gasteiger partial charge is 0.360 e. The molecule has 2 rings (SSSR count). The summed E-state index contributed by atoms with van der Waals surface area (Å²) >= 11 is 0. The summed E-state index contributed by atoms with van der Waals surface area (Å²) in [6.45, 7) is 1.73. The predicted molar refractivity (Wildman–Crippen MR) is 95.3 cm³/mol. The highest BCUT2D eigenvalue weighted by Crippen LogP contribution is 2.16. The van der Waals surface area contributed by atoms with E-state index in [0.29, 0.717) is 6.42 Å². The molecule has 28 heavy (non-hydrogen) atoms. The van der Waals surface area contributed by atoms with E-state index in [1.165, 1.54) is 25.2 Å². The molecule has 1 aromatic heterocycles. The van der Waals surface area contributed by atoms with Gasteiger partial charge in [-0.1, -0.05) is 19.1 Å². The zero-order valence-corrected chi connectivity index (χ0v) is 16.1. The number of carbonyl (C=O) groups excluding carboxylic acids is 2. The van der Waals surface area contributed by atoms with Crippen LogP contribution in [0.25, 0.3) is 0 Å². The van der Waals surface area contributed by atoms with Crippen molar-refractivity contribution in [3.05, 3.63) is 40.3 Å². The van der Waals surface area contributed by atoms with E-state index in [0.717, 1.165) is 17.7 Å². The Labute approximate surface area is 159 Å². The molecule has 1 unspecified atom stereocenters. The number of ether oxygens (including phenoxy) is 2. The van der Waals surface area contributed by atoms with Gasteiger partial charge in [-0.3, -0.25) is 5.73 Å². The van der Waals surface area contributed by atoms with Gasteiger partial charge in [-0.2, -0.15) is 0 Å². The monoisotopic (exact) mass is 413 g/mol. The molecule has 0 saturated heterocycles. The van der Waals surface area contributed by atoms with Crippen molar-refractivity contribution < 1.29 is 27.5 Å². The van der Waals surface area contributed by atoms with Gasteiger partial charge in [0.05, 0.1) is 12.7 Å². The third kappa shape index (κ3) is 4.20. The fourth-order valence-corrected chi connectivity index (χ4v) is 3.19. The van der Waals surface area contributed by atoms with Crippen LogP contribution in [0.15, 0.2) is 34.0 Å². The van der Waals surface area contributed by atoms with Crippen LogP contribution in [-0.2, 0) is 21.8 Å². The molecule has 12 nitrogen and oxygen atoms in total. The van der Waals surface area contributed by atoms with Crippen LogP contribution in [0, 0.1) is 0 Å². The number of hydrogen-bond acceptors (Lipinski definition) is 9. The summed E-state index contributed by atoms with van der Waals surface area (Å²) in [6, 6.07) is 3.49. The summed E-state index contributed by atoms with van der Waals surface area (Å²) in [4.78, 5) is 35.8. The standard InChI is InChI=1S/C15H19N5O7S/c1-4-11(16)27-14-17-20(15(23)19(14)2)13(22)18-28(24,25)10-8-6-5-7-9(10)12(21)26-3/h5-8,11H,4,16H2,1-3H3,(H,18,22). The zero-order chi connectivity index (χ0) is 21.1. The van der Waals surface area contributed by atoms with Gasteiger partial charge in [-0.05, 0) is 18.6 Å². The predicted octanol–water partition coefficient (Wildman–Crippen LogP) is -0.611. The van der Waals surface area contributed by atoms with Gasteiger partial charge in [0.25, 0.3) is 10.0 Å². The first-order valence-corrected chi connectivity index (χ1v) is 9.43. The van der Waals surface area contributed by atoms with Gasteiger partial charge < -0.3 is 9.47 Å². The van der Waals surface area contributed by atoms with Crippen LogP contribution in [0.4, 0.5) is 4.79 Å². The van der Waals surface area contributed by atoms with Gasteiger partial charge in [0.15, 0.2) is 6.23 Å². The van der Waals surface area contributed by atoms with Crippen molar-refractivity contribution >= 4 is 22.0 Å². The average Bonchev–Trinajstić information content (AvgIpc) is 2.95. The Bertz CT molecular complexity index is 1060. The molecular formula is C15H19N5O7S. The minimum atomic E-state index is -4.52. The zero-order valence-electron chi connectivity index (χ0n) is 15.3. The second kappa shape index (κ2) is 8.22. The van der Waals surface area contributed by atoms with Gasteiger partial charge in [0, 0.05) is 7.05 Å². The summed E-state index contributed by atoms with van der Waals surface area (Å²) in [7, 11) is -2.16. The van der Waals surface area contributed by atoms with Crippen LogP contribution < -0.4 is 20.9 Å². The second-order valence-electron chi connectivity index (χ2n) is 5.50. The first-order valence-electron chi connectivity index (χ1n) is 7.95. The summed E-state index contributed by atoms with van der Waals surface area (Å²) < 4.78 is 37.7. The minimum Gasteiger partial charge on any atom is -0.465 e. The Balaban J connectivity index is 2.37. The summed E-state index contributed by atoms with van der Waals surface area (Å²) in [5.74, 6) is -0.910. The van der Waals surface area contributed by atoms with Crippen LogP contribution in [-0.4, -0.2) is 48.1 Å². The molecular weight excluding hydrogens is 394 g/mol. The SMILES string of the molecule is CCC(N)Oc1nn(C(=O)NS(=O)(=O)c2ccccc2C(=O)OC)c(=O)n1C. The Morgan fingerprint density at radius 1 is 1.32 bits per heavy atom. The maximum Gasteiger partial charge on any atom is 0.360 e. The highest BCUT2D eigenvalue weighted by Gasteiger charge is 2.27. The molecule has 152 valence electrons. The van der Waals surface area contributed by atoms with E-state index in [1.54, 1.807) is 11.6 Å². The second-order valence-corrected chi connectivity index (χ2v) is 7.15. The molecule has 1 amide bonds. The molecule has 0 aliphatic rings. The maximum absolute atomic E-state index is 12.5. The molecule has 1 heterocycles. The lowest BCUT2D eigenvalue weighted by molar-refractivity contribution is 0.0596. The fraction of sp³-hybridized carbons (Fsp3) is 0.333. The number of amides is 1. The third-order valence-corrected chi connectivity index (χ3v) is 4.97. The van der Waals surface area contributed by atoms with Crippen molar-refractivity contribution in [2.45, 2.75) is 24.5 Å². The van der Waals surface area contributed by atoms with Crippen LogP contribution in [0.3, 0.4) is 0 Å². The van der Waals surface area contributed by atoms with Crippen molar-refractivity contribution in [3.8, 4) is 6.01 Å².